The standard InChI is InChI=1S/C27H21ClN2O5S/c1-14-7-20-21(8-15(14)2)30-25(31)23(36-27(30)29-20)12-17-10-19(28)24(22(11-17)34-3)35-13-16-5-4-6-18(9-16)26(32)33/h4-12H,13H2,1-3H3,(H,32,33)/b23-12-. The molecule has 9 heteroatoms. The lowest BCUT2D eigenvalue weighted by atomic mass is 10.1. The fourth-order valence-corrected chi connectivity index (χ4v) is 5.24. The Morgan fingerprint density at radius 1 is 1.17 bits per heavy atom. The summed E-state index contributed by atoms with van der Waals surface area (Å²) in [4.78, 5) is 29.7. The first kappa shape index (κ1) is 23.8. The SMILES string of the molecule is COc1cc(/C=c2\sc3nc4cc(C)c(C)cc4n3c2=O)cc(Cl)c1OCc1cccc(C(=O)O)c1. The zero-order valence-corrected chi connectivity index (χ0v) is 21.2. The molecule has 0 atom stereocenters. The molecule has 1 N–H and O–H groups in total. The molecule has 0 amide bonds. The van der Waals surface area contributed by atoms with Crippen LogP contribution in [-0.2, 0) is 6.61 Å². The smallest absolute Gasteiger partial charge is 0.335 e. The number of hydrogen-bond donors (Lipinski definition) is 1. The van der Waals surface area contributed by atoms with Gasteiger partial charge in [0.2, 0.25) is 0 Å². The molecule has 36 heavy (non-hydrogen) atoms. The van der Waals surface area contributed by atoms with Gasteiger partial charge in [0.25, 0.3) is 5.56 Å². The van der Waals surface area contributed by atoms with Crippen molar-refractivity contribution in [1.82, 2.24) is 9.38 Å². The van der Waals surface area contributed by atoms with Crippen LogP contribution in [0.3, 0.4) is 0 Å². The summed E-state index contributed by atoms with van der Waals surface area (Å²) >= 11 is 7.84. The average molecular weight is 521 g/mol. The second-order valence-corrected chi connectivity index (χ2v) is 9.82. The third-order valence-electron chi connectivity index (χ3n) is 5.96. The number of ether oxygens (including phenoxy) is 2. The van der Waals surface area contributed by atoms with Crippen LogP contribution in [0.2, 0.25) is 5.02 Å². The Labute approximate surface area is 214 Å². The molecule has 5 rings (SSSR count). The number of benzene rings is 3. The molecule has 7 nitrogen and oxygen atoms in total. The molecule has 182 valence electrons. The van der Waals surface area contributed by atoms with Crippen molar-refractivity contribution in [3.8, 4) is 11.5 Å². The van der Waals surface area contributed by atoms with E-state index in [4.69, 9.17) is 21.1 Å². The van der Waals surface area contributed by atoms with E-state index in [0.29, 0.717) is 37.1 Å². The van der Waals surface area contributed by atoms with Gasteiger partial charge in [-0.2, -0.15) is 0 Å². The number of carboxylic acid groups (broad SMARTS) is 1. The van der Waals surface area contributed by atoms with Crippen LogP contribution in [0.1, 0.15) is 32.6 Å². The normalized spacial score (nSPS) is 11.9. The van der Waals surface area contributed by atoms with Gasteiger partial charge in [-0.1, -0.05) is 35.1 Å². The van der Waals surface area contributed by atoms with Crippen molar-refractivity contribution in [2.24, 2.45) is 0 Å². The number of rotatable bonds is 6. The van der Waals surface area contributed by atoms with Crippen LogP contribution in [-0.4, -0.2) is 27.6 Å². The number of imidazole rings is 1. The first-order valence-corrected chi connectivity index (χ1v) is 12.2. The van der Waals surface area contributed by atoms with Gasteiger partial charge in [0.05, 0.1) is 33.3 Å². The van der Waals surface area contributed by atoms with Crippen LogP contribution >= 0.6 is 22.9 Å². The highest BCUT2D eigenvalue weighted by molar-refractivity contribution is 7.15. The van der Waals surface area contributed by atoms with Crippen LogP contribution in [0, 0.1) is 13.8 Å². The van der Waals surface area contributed by atoms with Crippen molar-refractivity contribution >= 4 is 51.0 Å². The molecule has 2 aromatic heterocycles. The number of aryl methyl sites for hydroxylation is 2. The number of hydrogen-bond acceptors (Lipinski definition) is 6. The fourth-order valence-electron chi connectivity index (χ4n) is 3.98. The fraction of sp³-hybridized carbons (Fsp3) is 0.148. The van der Waals surface area contributed by atoms with Crippen LogP contribution < -0.4 is 19.6 Å². The first-order chi connectivity index (χ1) is 17.2. The second-order valence-electron chi connectivity index (χ2n) is 8.40. The van der Waals surface area contributed by atoms with Gasteiger partial charge in [-0.15, -0.1) is 0 Å². The van der Waals surface area contributed by atoms with Crippen molar-refractivity contribution in [3.05, 3.63) is 96.3 Å². The van der Waals surface area contributed by atoms with E-state index >= 15 is 0 Å². The van der Waals surface area contributed by atoms with E-state index in [2.05, 4.69) is 4.98 Å². The summed E-state index contributed by atoms with van der Waals surface area (Å²) in [6.07, 6.45) is 1.75. The molecule has 5 aromatic rings. The monoisotopic (exact) mass is 520 g/mol. The van der Waals surface area contributed by atoms with Gasteiger partial charge in [0, 0.05) is 0 Å². The largest absolute Gasteiger partial charge is 0.493 e. The van der Waals surface area contributed by atoms with Crippen molar-refractivity contribution in [2.45, 2.75) is 20.5 Å². The molecule has 0 aliphatic carbocycles. The van der Waals surface area contributed by atoms with Gasteiger partial charge in [0.1, 0.15) is 6.61 Å². The summed E-state index contributed by atoms with van der Waals surface area (Å²) in [5.74, 6) is -0.282. The molecule has 0 aliphatic rings. The van der Waals surface area contributed by atoms with Crippen LogP contribution in [0.25, 0.3) is 22.1 Å². The lowest BCUT2D eigenvalue weighted by molar-refractivity contribution is 0.0696. The maximum absolute atomic E-state index is 13.2. The minimum atomic E-state index is -1.01. The minimum absolute atomic E-state index is 0.110. The molecule has 0 saturated heterocycles. The maximum Gasteiger partial charge on any atom is 0.335 e. The molecule has 0 spiro atoms. The Bertz CT molecular complexity index is 1770. The maximum atomic E-state index is 13.2. The van der Waals surface area contributed by atoms with Gasteiger partial charge >= 0.3 is 5.97 Å². The number of aromatic carboxylic acids is 1. The summed E-state index contributed by atoms with van der Waals surface area (Å²) in [7, 11) is 1.50. The number of carboxylic acids is 1. The Hall–Kier alpha value is -3.88. The Kier molecular flexibility index (Phi) is 6.15. The van der Waals surface area contributed by atoms with E-state index in [1.54, 1.807) is 40.8 Å². The number of fused-ring (bicyclic) bond motifs is 3. The molecule has 0 unspecified atom stereocenters. The molecule has 0 radical (unpaired) electrons. The van der Waals surface area contributed by atoms with Crippen LogP contribution in [0.4, 0.5) is 0 Å². The third-order valence-corrected chi connectivity index (χ3v) is 7.21. The van der Waals surface area contributed by atoms with Gasteiger partial charge < -0.3 is 14.6 Å². The summed E-state index contributed by atoms with van der Waals surface area (Å²) in [6.45, 7) is 4.15. The highest BCUT2D eigenvalue weighted by atomic mass is 35.5. The van der Waals surface area contributed by atoms with Gasteiger partial charge in [-0.05, 0) is 78.6 Å². The highest BCUT2D eigenvalue weighted by Gasteiger charge is 2.15. The third kappa shape index (κ3) is 4.29. The molecule has 0 saturated carbocycles. The highest BCUT2D eigenvalue weighted by Crippen LogP contribution is 2.37. The van der Waals surface area contributed by atoms with Crippen molar-refractivity contribution in [3.63, 3.8) is 0 Å². The van der Waals surface area contributed by atoms with E-state index in [1.165, 1.54) is 24.5 Å². The molecule has 3 aromatic carbocycles. The quantitative estimate of drug-likeness (QED) is 0.338. The van der Waals surface area contributed by atoms with Crippen LogP contribution in [0.15, 0.2) is 53.3 Å². The number of methoxy groups -OCH3 is 1. The topological polar surface area (TPSA) is 90.1 Å². The van der Waals surface area contributed by atoms with Gasteiger partial charge in [0.15, 0.2) is 16.5 Å². The number of carbonyl (C=O) groups is 1. The summed E-state index contributed by atoms with van der Waals surface area (Å²) in [5.41, 5.74) is 5.21. The molecular formula is C27H21ClN2O5S. The summed E-state index contributed by atoms with van der Waals surface area (Å²) in [5, 5.41) is 9.49. The molecular weight excluding hydrogens is 500 g/mol. The van der Waals surface area contributed by atoms with E-state index in [-0.39, 0.29) is 17.7 Å². The van der Waals surface area contributed by atoms with Crippen molar-refractivity contribution in [2.75, 3.05) is 7.11 Å². The van der Waals surface area contributed by atoms with Gasteiger partial charge in [-0.25, -0.2) is 14.2 Å². The van der Waals surface area contributed by atoms with Gasteiger partial charge in [-0.3, -0.25) is 4.79 Å². The minimum Gasteiger partial charge on any atom is -0.493 e. The lowest BCUT2D eigenvalue weighted by Crippen LogP contribution is -2.22. The summed E-state index contributed by atoms with van der Waals surface area (Å²) in [6, 6.07) is 13.9. The predicted molar refractivity (Wildman–Crippen MR) is 141 cm³/mol. The number of halogens is 1. The molecule has 0 aliphatic heterocycles. The lowest BCUT2D eigenvalue weighted by Gasteiger charge is -2.13. The molecule has 0 fully saturated rings. The predicted octanol–water partition coefficient (Wildman–Crippen LogP) is 5.01. The Balaban J connectivity index is 1.50. The zero-order chi connectivity index (χ0) is 25.6. The van der Waals surface area contributed by atoms with Crippen LogP contribution in [0.5, 0.6) is 11.5 Å². The molecule has 0 bridgehead atoms. The van der Waals surface area contributed by atoms with E-state index < -0.39 is 5.97 Å². The zero-order valence-electron chi connectivity index (χ0n) is 19.7. The molecule has 2 heterocycles. The Morgan fingerprint density at radius 3 is 2.69 bits per heavy atom. The van der Waals surface area contributed by atoms with E-state index in [0.717, 1.165) is 22.2 Å². The number of aromatic nitrogens is 2. The number of nitrogens with zero attached hydrogens (tertiary/aromatic N) is 2. The first-order valence-electron chi connectivity index (χ1n) is 11.0. The van der Waals surface area contributed by atoms with E-state index in [9.17, 15) is 14.7 Å². The summed E-state index contributed by atoms with van der Waals surface area (Å²) < 4.78 is 13.5. The second kappa shape index (κ2) is 9.29. The average Bonchev–Trinajstić information content (AvgIpc) is 3.33. The Morgan fingerprint density at radius 2 is 1.94 bits per heavy atom. The van der Waals surface area contributed by atoms with Crippen molar-refractivity contribution < 1.29 is 19.4 Å². The van der Waals surface area contributed by atoms with Crippen molar-refractivity contribution in [1.29, 1.82) is 0 Å². The number of thiazole rings is 1. The van der Waals surface area contributed by atoms with E-state index in [1.807, 2.05) is 26.0 Å².